The number of rotatable bonds is 3. The van der Waals surface area contributed by atoms with Crippen molar-refractivity contribution >= 4 is 11.6 Å². The standard InChI is InChI=1S/C6H15ClN2/c1-6(2,9)5(7)3-4-8/h5H,3-4,8-9H2,1-2H3. The van der Waals surface area contributed by atoms with Gasteiger partial charge in [-0.05, 0) is 26.8 Å². The molecular weight excluding hydrogens is 136 g/mol. The first-order chi connectivity index (χ1) is 3.98. The van der Waals surface area contributed by atoms with E-state index in [4.69, 9.17) is 23.1 Å². The molecule has 2 nitrogen and oxygen atoms in total. The van der Waals surface area contributed by atoms with Gasteiger partial charge in [0.15, 0.2) is 0 Å². The van der Waals surface area contributed by atoms with Gasteiger partial charge in [0, 0.05) is 5.54 Å². The van der Waals surface area contributed by atoms with Crippen molar-refractivity contribution < 1.29 is 0 Å². The smallest absolute Gasteiger partial charge is 0.0522 e. The van der Waals surface area contributed by atoms with Crippen LogP contribution in [-0.4, -0.2) is 17.5 Å². The average molecular weight is 151 g/mol. The minimum atomic E-state index is -0.305. The van der Waals surface area contributed by atoms with Crippen LogP contribution in [0, 0.1) is 0 Å². The third kappa shape index (κ3) is 3.73. The third-order valence-electron chi connectivity index (χ3n) is 1.23. The zero-order valence-electron chi connectivity index (χ0n) is 6.02. The largest absolute Gasteiger partial charge is 0.330 e. The molecule has 3 heteroatoms. The first-order valence-electron chi connectivity index (χ1n) is 3.11. The summed E-state index contributed by atoms with van der Waals surface area (Å²) in [6, 6.07) is 0. The molecule has 0 amide bonds. The summed E-state index contributed by atoms with van der Waals surface area (Å²) in [4.78, 5) is 0. The van der Waals surface area contributed by atoms with Crippen molar-refractivity contribution in [2.24, 2.45) is 11.5 Å². The van der Waals surface area contributed by atoms with Gasteiger partial charge in [0.05, 0.1) is 5.38 Å². The molecule has 0 aromatic rings. The first kappa shape index (κ1) is 9.21. The fourth-order valence-electron chi connectivity index (χ4n) is 0.518. The van der Waals surface area contributed by atoms with Crippen LogP contribution in [0.5, 0.6) is 0 Å². The number of nitrogens with two attached hydrogens (primary N) is 2. The van der Waals surface area contributed by atoms with Crippen LogP contribution in [-0.2, 0) is 0 Å². The van der Waals surface area contributed by atoms with Gasteiger partial charge in [0.1, 0.15) is 0 Å². The van der Waals surface area contributed by atoms with E-state index in [1.807, 2.05) is 13.8 Å². The van der Waals surface area contributed by atoms with Crippen molar-refractivity contribution in [2.75, 3.05) is 6.54 Å². The topological polar surface area (TPSA) is 52.0 Å². The average Bonchev–Trinajstić information content (AvgIpc) is 1.64. The van der Waals surface area contributed by atoms with E-state index in [0.717, 1.165) is 6.42 Å². The lowest BCUT2D eigenvalue weighted by Gasteiger charge is -2.24. The molecule has 9 heavy (non-hydrogen) atoms. The van der Waals surface area contributed by atoms with E-state index in [1.165, 1.54) is 0 Å². The summed E-state index contributed by atoms with van der Waals surface area (Å²) in [5, 5.41) is -0.0116. The van der Waals surface area contributed by atoms with Gasteiger partial charge >= 0.3 is 0 Å². The monoisotopic (exact) mass is 150 g/mol. The second kappa shape index (κ2) is 3.40. The van der Waals surface area contributed by atoms with Gasteiger partial charge in [-0.2, -0.15) is 0 Å². The molecule has 0 fully saturated rings. The van der Waals surface area contributed by atoms with E-state index >= 15 is 0 Å². The lowest BCUT2D eigenvalue weighted by molar-refractivity contribution is 0.471. The van der Waals surface area contributed by atoms with Gasteiger partial charge < -0.3 is 11.5 Å². The van der Waals surface area contributed by atoms with E-state index in [0.29, 0.717) is 6.54 Å². The minimum absolute atomic E-state index is 0.0116. The highest BCUT2D eigenvalue weighted by Gasteiger charge is 2.21. The van der Waals surface area contributed by atoms with Crippen LogP contribution in [0.1, 0.15) is 20.3 Å². The van der Waals surface area contributed by atoms with Crippen LogP contribution in [0.3, 0.4) is 0 Å². The summed E-state index contributed by atoms with van der Waals surface area (Å²) in [7, 11) is 0. The molecular formula is C6H15ClN2. The molecule has 4 N–H and O–H groups in total. The van der Waals surface area contributed by atoms with Gasteiger partial charge in [0.2, 0.25) is 0 Å². The lowest BCUT2D eigenvalue weighted by Crippen LogP contribution is -2.42. The highest BCUT2D eigenvalue weighted by atomic mass is 35.5. The quantitative estimate of drug-likeness (QED) is 0.582. The summed E-state index contributed by atoms with van der Waals surface area (Å²) in [6.45, 7) is 4.41. The van der Waals surface area contributed by atoms with Crippen molar-refractivity contribution in [1.29, 1.82) is 0 Å². The molecule has 1 unspecified atom stereocenters. The number of halogens is 1. The summed E-state index contributed by atoms with van der Waals surface area (Å²) in [6.07, 6.45) is 0.783. The molecule has 56 valence electrons. The van der Waals surface area contributed by atoms with Crippen LogP contribution >= 0.6 is 11.6 Å². The second-order valence-corrected chi connectivity index (χ2v) is 3.39. The molecule has 0 aromatic carbocycles. The van der Waals surface area contributed by atoms with Crippen molar-refractivity contribution in [2.45, 2.75) is 31.2 Å². The highest BCUT2D eigenvalue weighted by Crippen LogP contribution is 2.14. The van der Waals surface area contributed by atoms with E-state index in [1.54, 1.807) is 0 Å². The van der Waals surface area contributed by atoms with Gasteiger partial charge in [-0.3, -0.25) is 0 Å². The Kier molecular flexibility index (Phi) is 3.48. The van der Waals surface area contributed by atoms with E-state index in [9.17, 15) is 0 Å². The molecule has 0 saturated heterocycles. The van der Waals surface area contributed by atoms with E-state index in [2.05, 4.69) is 0 Å². The Morgan fingerprint density at radius 2 is 2.00 bits per heavy atom. The molecule has 0 saturated carbocycles. The van der Waals surface area contributed by atoms with Crippen LogP contribution < -0.4 is 11.5 Å². The van der Waals surface area contributed by atoms with Gasteiger partial charge in [-0.1, -0.05) is 0 Å². The van der Waals surface area contributed by atoms with Gasteiger partial charge in [0.25, 0.3) is 0 Å². The number of alkyl halides is 1. The SMILES string of the molecule is CC(C)(N)C(Cl)CCN. The summed E-state index contributed by atoms with van der Waals surface area (Å²) >= 11 is 5.85. The van der Waals surface area contributed by atoms with E-state index in [-0.39, 0.29) is 10.9 Å². The molecule has 0 aliphatic carbocycles. The predicted octanol–water partition coefficient (Wildman–Crippen LogP) is 0.680. The van der Waals surface area contributed by atoms with Crippen molar-refractivity contribution in [1.82, 2.24) is 0 Å². The fraction of sp³-hybridized carbons (Fsp3) is 1.00. The fourth-order valence-corrected chi connectivity index (χ4v) is 0.644. The maximum Gasteiger partial charge on any atom is 0.0522 e. The predicted molar refractivity (Wildman–Crippen MR) is 41.6 cm³/mol. The Hall–Kier alpha value is 0.210. The molecule has 0 heterocycles. The molecule has 0 spiro atoms. The molecule has 0 bridgehead atoms. The van der Waals surface area contributed by atoms with E-state index < -0.39 is 0 Å². The second-order valence-electron chi connectivity index (χ2n) is 2.87. The molecule has 0 radical (unpaired) electrons. The molecule has 0 aromatic heterocycles. The van der Waals surface area contributed by atoms with Crippen molar-refractivity contribution in [3.63, 3.8) is 0 Å². The van der Waals surface area contributed by atoms with Crippen LogP contribution in [0.25, 0.3) is 0 Å². The summed E-state index contributed by atoms with van der Waals surface area (Å²) < 4.78 is 0. The Morgan fingerprint density at radius 3 is 2.11 bits per heavy atom. The van der Waals surface area contributed by atoms with Gasteiger partial charge in [-0.25, -0.2) is 0 Å². The summed E-state index contributed by atoms with van der Waals surface area (Å²) in [5.41, 5.74) is 10.7. The van der Waals surface area contributed by atoms with Crippen molar-refractivity contribution in [3.05, 3.63) is 0 Å². The zero-order chi connectivity index (χ0) is 7.49. The lowest BCUT2D eigenvalue weighted by atomic mass is 10.00. The van der Waals surface area contributed by atoms with Crippen LogP contribution in [0.15, 0.2) is 0 Å². The zero-order valence-corrected chi connectivity index (χ0v) is 6.78. The maximum atomic E-state index is 5.85. The van der Waals surface area contributed by atoms with Crippen LogP contribution in [0.2, 0.25) is 0 Å². The van der Waals surface area contributed by atoms with Crippen LogP contribution in [0.4, 0.5) is 0 Å². The Bertz CT molecular complexity index is 77.6. The van der Waals surface area contributed by atoms with Gasteiger partial charge in [-0.15, -0.1) is 11.6 Å². The number of hydrogen-bond donors (Lipinski definition) is 2. The molecule has 1 atom stereocenters. The molecule has 0 rings (SSSR count). The Morgan fingerprint density at radius 1 is 1.56 bits per heavy atom. The Balaban J connectivity index is 3.59. The molecule has 0 aliphatic heterocycles. The highest BCUT2D eigenvalue weighted by molar-refractivity contribution is 6.21. The maximum absolute atomic E-state index is 5.85. The first-order valence-corrected chi connectivity index (χ1v) is 3.55. The van der Waals surface area contributed by atoms with Crippen molar-refractivity contribution in [3.8, 4) is 0 Å². The minimum Gasteiger partial charge on any atom is -0.330 e. The molecule has 0 aliphatic rings. The number of hydrogen-bond acceptors (Lipinski definition) is 2. The third-order valence-corrected chi connectivity index (χ3v) is 2.01. The normalized spacial score (nSPS) is 15.7. The summed E-state index contributed by atoms with van der Waals surface area (Å²) in [5.74, 6) is 0. The Labute approximate surface area is 61.5 Å².